The van der Waals surface area contributed by atoms with E-state index in [9.17, 15) is 0 Å². The second-order valence-corrected chi connectivity index (χ2v) is 3.59. The highest BCUT2D eigenvalue weighted by Crippen LogP contribution is 2.32. The van der Waals surface area contributed by atoms with Crippen molar-refractivity contribution in [2.24, 2.45) is 0 Å². The van der Waals surface area contributed by atoms with Crippen molar-refractivity contribution in [1.29, 1.82) is 0 Å². The zero-order valence-electron chi connectivity index (χ0n) is 5.34. The van der Waals surface area contributed by atoms with E-state index in [4.69, 9.17) is 10.8 Å². The fourth-order valence-electron chi connectivity index (χ4n) is 0.571. The summed E-state index contributed by atoms with van der Waals surface area (Å²) in [6.45, 7) is 0. The Morgan fingerprint density at radius 3 is 2.27 bits per heavy atom. The number of halogens is 3. The Kier molecular flexibility index (Phi) is 4.21. The van der Waals surface area contributed by atoms with Crippen LogP contribution in [0.2, 0.25) is 0 Å². The summed E-state index contributed by atoms with van der Waals surface area (Å²) in [5.74, 6) is 0.0845. The number of phenolic OH excluding ortho intramolecular Hbond substituents is 1. The largest absolute Gasteiger partial charge is 0.506 e. The first kappa shape index (κ1) is 11.1. The first-order chi connectivity index (χ1) is 4.61. The molecule has 11 heavy (non-hydrogen) atoms. The average molecular weight is 303 g/mol. The van der Waals surface area contributed by atoms with Crippen LogP contribution >= 0.6 is 44.3 Å². The van der Waals surface area contributed by atoms with Gasteiger partial charge in [-0.15, -0.1) is 12.4 Å². The molecule has 62 valence electrons. The number of phenols is 1. The normalized spacial score (nSPS) is 8.91. The molecular formula is C6H6Br2ClNO. The van der Waals surface area contributed by atoms with Gasteiger partial charge in [0.25, 0.3) is 0 Å². The molecule has 5 heteroatoms. The third kappa shape index (κ3) is 2.54. The smallest absolute Gasteiger partial charge is 0.140 e. The van der Waals surface area contributed by atoms with E-state index < -0.39 is 0 Å². The summed E-state index contributed by atoms with van der Waals surface area (Å²) in [4.78, 5) is 0. The van der Waals surface area contributed by atoms with Gasteiger partial charge in [-0.2, -0.15) is 0 Å². The molecule has 0 unspecified atom stereocenters. The molecule has 0 heterocycles. The van der Waals surface area contributed by atoms with Crippen LogP contribution in [0.3, 0.4) is 0 Å². The highest BCUT2D eigenvalue weighted by Gasteiger charge is 2.01. The highest BCUT2D eigenvalue weighted by atomic mass is 79.9. The van der Waals surface area contributed by atoms with E-state index in [0.29, 0.717) is 10.2 Å². The molecule has 1 rings (SSSR count). The summed E-state index contributed by atoms with van der Waals surface area (Å²) in [7, 11) is 0. The molecule has 0 aliphatic carbocycles. The summed E-state index contributed by atoms with van der Waals surface area (Å²) >= 11 is 6.38. The Labute approximate surface area is 87.5 Å². The first-order valence-electron chi connectivity index (χ1n) is 2.54. The number of aromatic hydroxyl groups is 1. The van der Waals surface area contributed by atoms with E-state index in [1.807, 2.05) is 0 Å². The van der Waals surface area contributed by atoms with Crippen LogP contribution in [0, 0.1) is 0 Å². The number of benzene rings is 1. The van der Waals surface area contributed by atoms with Gasteiger partial charge < -0.3 is 10.8 Å². The van der Waals surface area contributed by atoms with Crippen LogP contribution in [-0.2, 0) is 0 Å². The second kappa shape index (κ2) is 4.18. The van der Waals surface area contributed by atoms with Crippen LogP contribution in [0.15, 0.2) is 21.1 Å². The molecule has 0 saturated carbocycles. The van der Waals surface area contributed by atoms with Crippen LogP contribution in [0.5, 0.6) is 5.75 Å². The van der Waals surface area contributed by atoms with E-state index in [2.05, 4.69) is 31.9 Å². The highest BCUT2D eigenvalue weighted by molar-refractivity contribution is 9.11. The fourth-order valence-corrected chi connectivity index (χ4v) is 1.77. The Balaban J connectivity index is 0.000001000. The molecule has 1 aromatic rings. The molecule has 0 bridgehead atoms. The van der Waals surface area contributed by atoms with Crippen molar-refractivity contribution in [2.45, 2.75) is 0 Å². The van der Waals surface area contributed by atoms with Crippen molar-refractivity contribution in [3.8, 4) is 5.75 Å². The molecule has 0 saturated heterocycles. The topological polar surface area (TPSA) is 46.2 Å². The molecule has 0 aliphatic heterocycles. The number of nitrogens with two attached hydrogens (primary N) is 1. The molecule has 0 spiro atoms. The Morgan fingerprint density at radius 1 is 1.27 bits per heavy atom. The molecule has 0 radical (unpaired) electrons. The minimum absolute atomic E-state index is 0. The summed E-state index contributed by atoms with van der Waals surface area (Å²) in [6, 6.07) is 3.31. The van der Waals surface area contributed by atoms with Crippen LogP contribution in [0.4, 0.5) is 5.69 Å². The zero-order valence-corrected chi connectivity index (χ0v) is 9.33. The third-order valence-corrected chi connectivity index (χ3v) is 2.19. The molecule has 1 aromatic carbocycles. The van der Waals surface area contributed by atoms with Crippen molar-refractivity contribution < 1.29 is 5.11 Å². The molecule has 0 fully saturated rings. The maximum absolute atomic E-state index is 9.10. The third-order valence-electron chi connectivity index (χ3n) is 1.07. The van der Waals surface area contributed by atoms with Crippen LogP contribution in [0.25, 0.3) is 0 Å². The lowest BCUT2D eigenvalue weighted by Crippen LogP contribution is -1.86. The lowest BCUT2D eigenvalue weighted by molar-refractivity contribution is 0.477. The number of rotatable bonds is 0. The zero-order chi connectivity index (χ0) is 7.72. The minimum Gasteiger partial charge on any atom is -0.506 e. The minimum atomic E-state index is 0. The van der Waals surface area contributed by atoms with Crippen molar-refractivity contribution in [3.63, 3.8) is 0 Å². The molecule has 0 aliphatic rings. The Morgan fingerprint density at radius 2 is 1.82 bits per heavy atom. The van der Waals surface area contributed by atoms with Crippen LogP contribution in [0.1, 0.15) is 0 Å². The predicted octanol–water partition coefficient (Wildman–Crippen LogP) is 2.92. The van der Waals surface area contributed by atoms with Crippen molar-refractivity contribution >= 4 is 50.0 Å². The van der Waals surface area contributed by atoms with E-state index in [0.717, 1.165) is 4.47 Å². The maximum atomic E-state index is 9.10. The van der Waals surface area contributed by atoms with E-state index in [1.54, 1.807) is 12.1 Å². The second-order valence-electron chi connectivity index (χ2n) is 1.82. The summed E-state index contributed by atoms with van der Waals surface area (Å²) < 4.78 is 1.49. The maximum Gasteiger partial charge on any atom is 0.140 e. The number of hydrogen-bond acceptors (Lipinski definition) is 2. The standard InChI is InChI=1S/C6H5Br2NO.ClH/c7-3-1-4(8)6(9)5(10)2-3;/h1-2,10H,9H2;1H. The van der Waals surface area contributed by atoms with Gasteiger partial charge in [-0.05, 0) is 28.1 Å². The lowest BCUT2D eigenvalue weighted by atomic mass is 10.3. The van der Waals surface area contributed by atoms with Crippen LogP contribution < -0.4 is 5.73 Å². The molecule has 2 nitrogen and oxygen atoms in total. The van der Waals surface area contributed by atoms with E-state index in [-0.39, 0.29) is 18.2 Å². The van der Waals surface area contributed by atoms with Crippen molar-refractivity contribution in [3.05, 3.63) is 21.1 Å². The quantitative estimate of drug-likeness (QED) is 0.572. The Bertz CT molecular complexity index is 244. The van der Waals surface area contributed by atoms with Gasteiger partial charge >= 0.3 is 0 Å². The van der Waals surface area contributed by atoms with Gasteiger partial charge in [0, 0.05) is 8.95 Å². The summed E-state index contributed by atoms with van der Waals surface area (Å²) in [6.07, 6.45) is 0. The predicted molar refractivity (Wildman–Crippen MR) is 55.2 cm³/mol. The summed E-state index contributed by atoms with van der Waals surface area (Å²) in [5.41, 5.74) is 5.80. The number of anilines is 1. The van der Waals surface area contributed by atoms with Gasteiger partial charge in [0.05, 0.1) is 5.69 Å². The average Bonchev–Trinajstić information content (AvgIpc) is 1.82. The van der Waals surface area contributed by atoms with E-state index in [1.165, 1.54) is 0 Å². The molecule has 0 amide bonds. The SMILES string of the molecule is Cl.Nc1c(O)cc(Br)cc1Br. The van der Waals surface area contributed by atoms with Gasteiger partial charge in [0.1, 0.15) is 5.75 Å². The van der Waals surface area contributed by atoms with Gasteiger partial charge in [0.15, 0.2) is 0 Å². The van der Waals surface area contributed by atoms with Crippen molar-refractivity contribution in [2.75, 3.05) is 5.73 Å². The van der Waals surface area contributed by atoms with Gasteiger partial charge in [-0.25, -0.2) is 0 Å². The fraction of sp³-hybridized carbons (Fsp3) is 0. The molecular weight excluding hydrogens is 297 g/mol. The first-order valence-corrected chi connectivity index (χ1v) is 4.13. The molecule has 3 N–H and O–H groups in total. The van der Waals surface area contributed by atoms with Crippen LogP contribution in [-0.4, -0.2) is 5.11 Å². The molecule has 0 aromatic heterocycles. The van der Waals surface area contributed by atoms with Gasteiger partial charge in [-0.1, -0.05) is 15.9 Å². The number of nitrogen functional groups attached to an aromatic ring is 1. The Hall–Kier alpha value is 0.0700. The van der Waals surface area contributed by atoms with E-state index >= 15 is 0 Å². The number of hydrogen-bond donors (Lipinski definition) is 2. The van der Waals surface area contributed by atoms with Gasteiger partial charge in [0.2, 0.25) is 0 Å². The molecule has 0 atom stereocenters. The van der Waals surface area contributed by atoms with Gasteiger partial charge in [-0.3, -0.25) is 0 Å². The van der Waals surface area contributed by atoms with Crippen molar-refractivity contribution in [1.82, 2.24) is 0 Å². The summed E-state index contributed by atoms with van der Waals surface area (Å²) in [5, 5.41) is 9.10. The monoisotopic (exact) mass is 301 g/mol. The lowest BCUT2D eigenvalue weighted by Gasteiger charge is -2.00.